The second-order valence-corrected chi connectivity index (χ2v) is 5.89. The fourth-order valence-corrected chi connectivity index (χ4v) is 2.46. The topological polar surface area (TPSA) is 25.8 Å². The molecule has 0 aliphatic carbocycles. The molecule has 0 bridgehead atoms. The van der Waals surface area contributed by atoms with Gasteiger partial charge in [-0.1, -0.05) is 26.0 Å². The van der Waals surface area contributed by atoms with Crippen molar-refractivity contribution in [2.45, 2.75) is 24.0 Å². The van der Waals surface area contributed by atoms with Crippen LogP contribution in [0.3, 0.4) is 0 Å². The number of aromatic nitrogens is 2. The number of rotatable bonds is 3. The van der Waals surface area contributed by atoms with Gasteiger partial charge < -0.3 is 0 Å². The van der Waals surface area contributed by atoms with Gasteiger partial charge in [-0.3, -0.25) is 0 Å². The SMILES string of the molecule is CC(C)Sc1ccc(-c2ccnc(Cl)n2)cc1. The average Bonchev–Trinajstić information content (AvgIpc) is 2.29. The predicted octanol–water partition coefficient (Wildman–Crippen LogP) is 4.30. The number of nitrogens with zero attached hydrogens (tertiary/aromatic N) is 2. The quantitative estimate of drug-likeness (QED) is 0.611. The largest absolute Gasteiger partial charge is 0.226 e. The van der Waals surface area contributed by atoms with Crippen LogP contribution in [-0.4, -0.2) is 15.2 Å². The molecule has 0 aliphatic rings. The van der Waals surface area contributed by atoms with E-state index in [-0.39, 0.29) is 5.28 Å². The van der Waals surface area contributed by atoms with Crippen LogP contribution in [0.1, 0.15) is 13.8 Å². The summed E-state index contributed by atoms with van der Waals surface area (Å²) in [6, 6.07) is 10.2. The van der Waals surface area contributed by atoms with Crippen molar-refractivity contribution in [2.75, 3.05) is 0 Å². The monoisotopic (exact) mass is 264 g/mol. The molecule has 0 fully saturated rings. The molecule has 2 rings (SSSR count). The summed E-state index contributed by atoms with van der Waals surface area (Å²) in [5.41, 5.74) is 1.91. The third-order valence-corrected chi connectivity index (χ3v) is 3.35. The van der Waals surface area contributed by atoms with Gasteiger partial charge in [0.1, 0.15) is 0 Å². The standard InChI is InChI=1S/C13H13ClN2S/c1-9(2)17-11-5-3-10(4-6-11)12-7-8-15-13(14)16-12/h3-9H,1-2H3. The maximum Gasteiger partial charge on any atom is 0.222 e. The molecule has 0 N–H and O–H groups in total. The van der Waals surface area contributed by atoms with Crippen LogP contribution in [0.2, 0.25) is 5.28 Å². The summed E-state index contributed by atoms with van der Waals surface area (Å²) in [5, 5.41) is 0.873. The van der Waals surface area contributed by atoms with Crippen LogP contribution < -0.4 is 0 Å². The van der Waals surface area contributed by atoms with Gasteiger partial charge in [0.2, 0.25) is 5.28 Å². The summed E-state index contributed by atoms with van der Waals surface area (Å²) in [7, 11) is 0. The van der Waals surface area contributed by atoms with Gasteiger partial charge in [0, 0.05) is 21.9 Å². The van der Waals surface area contributed by atoms with Gasteiger partial charge in [0.05, 0.1) is 5.69 Å². The molecule has 88 valence electrons. The van der Waals surface area contributed by atoms with E-state index < -0.39 is 0 Å². The van der Waals surface area contributed by atoms with Gasteiger partial charge in [0.25, 0.3) is 0 Å². The van der Waals surface area contributed by atoms with Gasteiger partial charge in [-0.25, -0.2) is 9.97 Å². The minimum absolute atomic E-state index is 0.281. The Balaban J connectivity index is 2.23. The van der Waals surface area contributed by atoms with E-state index in [1.54, 1.807) is 6.20 Å². The predicted molar refractivity (Wildman–Crippen MR) is 73.5 cm³/mol. The molecule has 2 aromatic rings. The first-order valence-corrected chi connectivity index (χ1v) is 6.66. The minimum atomic E-state index is 0.281. The first kappa shape index (κ1) is 12.4. The lowest BCUT2D eigenvalue weighted by Crippen LogP contribution is -1.88. The van der Waals surface area contributed by atoms with E-state index >= 15 is 0 Å². The Hall–Kier alpha value is -1.06. The average molecular weight is 265 g/mol. The molecule has 0 radical (unpaired) electrons. The Kier molecular flexibility index (Phi) is 4.02. The van der Waals surface area contributed by atoms with Gasteiger partial charge in [-0.05, 0) is 29.8 Å². The van der Waals surface area contributed by atoms with E-state index in [2.05, 4.69) is 48.1 Å². The first-order valence-electron chi connectivity index (χ1n) is 5.41. The van der Waals surface area contributed by atoms with Gasteiger partial charge >= 0.3 is 0 Å². The molecule has 0 atom stereocenters. The van der Waals surface area contributed by atoms with E-state index in [0.29, 0.717) is 5.25 Å². The normalized spacial score (nSPS) is 10.8. The maximum atomic E-state index is 5.77. The summed E-state index contributed by atoms with van der Waals surface area (Å²) >= 11 is 7.62. The van der Waals surface area contributed by atoms with E-state index in [4.69, 9.17) is 11.6 Å². The fourth-order valence-electron chi connectivity index (χ4n) is 1.47. The van der Waals surface area contributed by atoms with Crippen molar-refractivity contribution in [3.63, 3.8) is 0 Å². The summed E-state index contributed by atoms with van der Waals surface area (Å²) in [4.78, 5) is 9.32. The Morgan fingerprint density at radius 3 is 2.41 bits per heavy atom. The Bertz CT molecular complexity index is 497. The molecule has 0 aliphatic heterocycles. The van der Waals surface area contributed by atoms with Crippen LogP contribution >= 0.6 is 23.4 Å². The first-order chi connectivity index (χ1) is 8.15. The van der Waals surface area contributed by atoms with Crippen LogP contribution in [0, 0.1) is 0 Å². The molecule has 4 heteroatoms. The molecule has 0 saturated heterocycles. The lowest BCUT2D eigenvalue weighted by Gasteiger charge is -2.06. The van der Waals surface area contributed by atoms with Gasteiger partial charge in [0.15, 0.2) is 0 Å². The third kappa shape index (κ3) is 3.45. The van der Waals surface area contributed by atoms with Gasteiger partial charge in [-0.2, -0.15) is 0 Å². The van der Waals surface area contributed by atoms with Crippen molar-refractivity contribution in [1.82, 2.24) is 9.97 Å². The molecule has 1 heterocycles. The zero-order chi connectivity index (χ0) is 12.3. The van der Waals surface area contributed by atoms with Crippen LogP contribution in [-0.2, 0) is 0 Å². The molecule has 1 aromatic carbocycles. The Morgan fingerprint density at radius 1 is 1.12 bits per heavy atom. The third-order valence-electron chi connectivity index (χ3n) is 2.15. The summed E-state index contributed by atoms with van der Waals surface area (Å²) in [6.07, 6.45) is 1.67. The highest BCUT2D eigenvalue weighted by atomic mass is 35.5. The Morgan fingerprint density at radius 2 is 1.82 bits per heavy atom. The van der Waals surface area contributed by atoms with E-state index in [9.17, 15) is 0 Å². The highest BCUT2D eigenvalue weighted by Gasteiger charge is 2.02. The van der Waals surface area contributed by atoms with Crippen molar-refractivity contribution in [1.29, 1.82) is 0 Å². The molecule has 0 unspecified atom stereocenters. The zero-order valence-electron chi connectivity index (χ0n) is 9.72. The van der Waals surface area contributed by atoms with Crippen molar-refractivity contribution < 1.29 is 0 Å². The summed E-state index contributed by atoms with van der Waals surface area (Å²) in [5.74, 6) is 0. The molecular weight excluding hydrogens is 252 g/mol. The van der Waals surface area contributed by atoms with E-state index in [1.165, 1.54) is 4.90 Å². The van der Waals surface area contributed by atoms with Crippen LogP contribution in [0.25, 0.3) is 11.3 Å². The maximum absolute atomic E-state index is 5.77. The van der Waals surface area contributed by atoms with Crippen LogP contribution in [0.15, 0.2) is 41.4 Å². The van der Waals surface area contributed by atoms with Gasteiger partial charge in [-0.15, -0.1) is 11.8 Å². The number of thioether (sulfide) groups is 1. The number of benzene rings is 1. The number of halogens is 1. The van der Waals surface area contributed by atoms with Crippen molar-refractivity contribution in [3.05, 3.63) is 41.8 Å². The fraction of sp³-hybridized carbons (Fsp3) is 0.231. The van der Waals surface area contributed by atoms with Crippen molar-refractivity contribution in [3.8, 4) is 11.3 Å². The smallest absolute Gasteiger partial charge is 0.222 e. The molecular formula is C13H13ClN2S. The minimum Gasteiger partial charge on any atom is -0.226 e. The van der Waals surface area contributed by atoms with Crippen molar-refractivity contribution >= 4 is 23.4 Å². The second kappa shape index (κ2) is 5.52. The molecule has 17 heavy (non-hydrogen) atoms. The number of hydrogen-bond acceptors (Lipinski definition) is 3. The number of hydrogen-bond donors (Lipinski definition) is 0. The second-order valence-electron chi connectivity index (χ2n) is 3.90. The molecule has 0 saturated carbocycles. The van der Waals surface area contributed by atoms with Crippen LogP contribution in [0.5, 0.6) is 0 Å². The highest BCUT2D eigenvalue weighted by molar-refractivity contribution is 7.99. The van der Waals surface area contributed by atoms with E-state index in [0.717, 1.165) is 11.3 Å². The van der Waals surface area contributed by atoms with Crippen molar-refractivity contribution in [2.24, 2.45) is 0 Å². The lowest BCUT2D eigenvalue weighted by molar-refractivity contribution is 1.11. The zero-order valence-corrected chi connectivity index (χ0v) is 11.3. The molecule has 2 nitrogen and oxygen atoms in total. The summed E-state index contributed by atoms with van der Waals surface area (Å²) < 4.78 is 0. The molecule has 1 aromatic heterocycles. The highest BCUT2D eigenvalue weighted by Crippen LogP contribution is 2.25. The lowest BCUT2D eigenvalue weighted by atomic mass is 10.1. The molecule has 0 spiro atoms. The van der Waals surface area contributed by atoms with E-state index in [1.807, 2.05) is 17.8 Å². The van der Waals surface area contributed by atoms with Crippen LogP contribution in [0.4, 0.5) is 0 Å². The Labute approximate surface area is 110 Å². The molecule has 0 amide bonds. The summed E-state index contributed by atoms with van der Waals surface area (Å²) in [6.45, 7) is 4.37.